The van der Waals surface area contributed by atoms with E-state index in [1.165, 1.54) is 18.2 Å². The van der Waals surface area contributed by atoms with Crippen LogP contribution in [0.15, 0.2) is 42.5 Å². The molecule has 2 aromatic rings. The Morgan fingerprint density at radius 1 is 1.13 bits per heavy atom. The number of amides is 1. The topological polar surface area (TPSA) is 81.5 Å². The van der Waals surface area contributed by atoms with Crippen molar-refractivity contribution in [1.29, 1.82) is 0 Å². The van der Waals surface area contributed by atoms with Crippen LogP contribution in [0.25, 0.3) is 0 Å². The number of non-ortho nitro benzene ring substituents is 1. The van der Waals surface area contributed by atoms with E-state index in [9.17, 15) is 14.9 Å². The number of nitro groups is 1. The van der Waals surface area contributed by atoms with Crippen molar-refractivity contribution in [3.05, 3.63) is 68.2 Å². The average molecular weight is 353 g/mol. The normalized spacial score (nSPS) is 19.7. The summed E-state index contributed by atoms with van der Waals surface area (Å²) in [5.74, 6) is 0.0715. The lowest BCUT2D eigenvalue weighted by molar-refractivity contribution is -0.384. The molecule has 1 fully saturated rings. The van der Waals surface area contributed by atoms with Crippen LogP contribution >= 0.6 is 23.2 Å². The van der Waals surface area contributed by atoms with Crippen LogP contribution in [0.5, 0.6) is 5.75 Å². The quantitative estimate of drug-likeness (QED) is 0.518. The summed E-state index contributed by atoms with van der Waals surface area (Å²) in [6.45, 7) is 0. The third-order valence-corrected chi connectivity index (χ3v) is 4.00. The Hall–Kier alpha value is -2.31. The van der Waals surface area contributed by atoms with E-state index in [1.54, 1.807) is 24.3 Å². The number of nitro benzene ring substituents is 1. The van der Waals surface area contributed by atoms with Crippen LogP contribution in [-0.4, -0.2) is 16.9 Å². The van der Waals surface area contributed by atoms with Gasteiger partial charge in [-0.15, -0.1) is 0 Å². The molecule has 0 bridgehead atoms. The van der Waals surface area contributed by atoms with Gasteiger partial charge in [-0.1, -0.05) is 23.2 Å². The van der Waals surface area contributed by atoms with Crippen molar-refractivity contribution in [3.63, 3.8) is 0 Å². The standard InChI is InChI=1S/C15H10Cl2N2O4/c16-9-3-6-12(11(17)7-9)23-14-13(18-15(14)20)8-1-4-10(5-2-8)19(21)22/h1-7,13-14H,(H,18,20)/t13-,14+/m1/s1. The number of rotatable bonds is 4. The summed E-state index contributed by atoms with van der Waals surface area (Å²) < 4.78 is 5.66. The van der Waals surface area contributed by atoms with Gasteiger partial charge in [0, 0.05) is 17.2 Å². The molecule has 0 saturated carbocycles. The summed E-state index contributed by atoms with van der Waals surface area (Å²) in [5, 5.41) is 14.2. The maximum atomic E-state index is 11.8. The molecule has 1 N–H and O–H groups in total. The van der Waals surface area contributed by atoms with E-state index in [2.05, 4.69) is 5.32 Å². The molecule has 8 heteroatoms. The third-order valence-electron chi connectivity index (χ3n) is 3.47. The van der Waals surface area contributed by atoms with E-state index < -0.39 is 17.1 Å². The van der Waals surface area contributed by atoms with Crippen LogP contribution in [0.4, 0.5) is 5.69 Å². The van der Waals surface area contributed by atoms with E-state index in [4.69, 9.17) is 27.9 Å². The molecule has 1 amide bonds. The Morgan fingerprint density at radius 2 is 1.83 bits per heavy atom. The van der Waals surface area contributed by atoms with Crippen LogP contribution in [0.2, 0.25) is 10.0 Å². The first-order valence-electron chi connectivity index (χ1n) is 6.62. The van der Waals surface area contributed by atoms with Crippen LogP contribution in [0, 0.1) is 10.1 Å². The highest BCUT2D eigenvalue weighted by atomic mass is 35.5. The van der Waals surface area contributed by atoms with Gasteiger partial charge in [0.25, 0.3) is 11.6 Å². The van der Waals surface area contributed by atoms with E-state index in [0.717, 1.165) is 0 Å². The Morgan fingerprint density at radius 3 is 2.39 bits per heavy atom. The zero-order chi connectivity index (χ0) is 16.6. The summed E-state index contributed by atoms with van der Waals surface area (Å²) in [5.41, 5.74) is 0.697. The molecule has 2 atom stereocenters. The first-order valence-corrected chi connectivity index (χ1v) is 7.38. The minimum Gasteiger partial charge on any atom is -0.476 e. The highest BCUT2D eigenvalue weighted by molar-refractivity contribution is 6.35. The van der Waals surface area contributed by atoms with Gasteiger partial charge in [0.2, 0.25) is 6.10 Å². The summed E-state index contributed by atoms with van der Waals surface area (Å²) in [6.07, 6.45) is -0.755. The molecule has 0 spiro atoms. The Labute approximate surface area is 141 Å². The van der Waals surface area contributed by atoms with Gasteiger partial charge in [-0.3, -0.25) is 14.9 Å². The highest BCUT2D eigenvalue weighted by Crippen LogP contribution is 2.34. The number of hydrogen-bond donors (Lipinski definition) is 1. The van der Waals surface area contributed by atoms with Gasteiger partial charge in [-0.05, 0) is 35.9 Å². The Balaban J connectivity index is 1.79. The molecule has 3 rings (SSSR count). The Kier molecular flexibility index (Phi) is 4.11. The van der Waals surface area contributed by atoms with Gasteiger partial charge in [0.1, 0.15) is 11.8 Å². The fourth-order valence-electron chi connectivity index (χ4n) is 2.26. The van der Waals surface area contributed by atoms with E-state index in [-0.39, 0.29) is 11.6 Å². The van der Waals surface area contributed by atoms with Crippen molar-refractivity contribution in [2.45, 2.75) is 12.1 Å². The van der Waals surface area contributed by atoms with E-state index >= 15 is 0 Å². The summed E-state index contributed by atoms with van der Waals surface area (Å²) in [6, 6.07) is 10.3. The highest BCUT2D eigenvalue weighted by Gasteiger charge is 2.42. The molecule has 1 aliphatic heterocycles. The number of nitrogens with one attached hydrogen (secondary N) is 1. The van der Waals surface area contributed by atoms with Crippen LogP contribution < -0.4 is 10.1 Å². The predicted octanol–water partition coefficient (Wildman–Crippen LogP) is 3.52. The summed E-state index contributed by atoms with van der Waals surface area (Å²) in [4.78, 5) is 22.0. The molecular weight excluding hydrogens is 343 g/mol. The summed E-state index contributed by atoms with van der Waals surface area (Å²) >= 11 is 11.9. The molecule has 1 aliphatic rings. The van der Waals surface area contributed by atoms with Crippen molar-refractivity contribution in [2.24, 2.45) is 0 Å². The van der Waals surface area contributed by atoms with Crippen LogP contribution in [0.1, 0.15) is 11.6 Å². The second-order valence-electron chi connectivity index (χ2n) is 4.95. The number of carbonyl (C=O) groups is 1. The second-order valence-corrected chi connectivity index (χ2v) is 5.79. The third kappa shape index (κ3) is 3.09. The molecule has 118 valence electrons. The van der Waals surface area contributed by atoms with Crippen LogP contribution in [-0.2, 0) is 4.79 Å². The van der Waals surface area contributed by atoms with Crippen LogP contribution in [0.3, 0.4) is 0 Å². The minimum absolute atomic E-state index is 0.0161. The van der Waals surface area contributed by atoms with Gasteiger partial charge in [0.15, 0.2) is 0 Å². The van der Waals surface area contributed by atoms with E-state index in [1.807, 2.05) is 0 Å². The number of β-lactam (4-membered cyclic amide) rings is 1. The number of nitrogens with zero attached hydrogens (tertiary/aromatic N) is 1. The molecule has 2 aromatic carbocycles. The number of halogens is 2. The number of ether oxygens (including phenoxy) is 1. The molecule has 0 unspecified atom stereocenters. The molecular formula is C15H10Cl2N2O4. The molecule has 0 aromatic heterocycles. The van der Waals surface area contributed by atoms with Crippen molar-refractivity contribution < 1.29 is 14.5 Å². The SMILES string of the molecule is O=C1N[C@H](c2ccc([N+](=O)[O-])cc2)[C@@H]1Oc1ccc(Cl)cc1Cl. The number of carbonyl (C=O) groups excluding carboxylic acids is 1. The minimum atomic E-state index is -0.755. The number of hydrogen-bond acceptors (Lipinski definition) is 4. The summed E-state index contributed by atoms with van der Waals surface area (Å²) in [7, 11) is 0. The first-order chi connectivity index (χ1) is 11.0. The zero-order valence-corrected chi connectivity index (χ0v) is 13.0. The second kappa shape index (κ2) is 6.06. The largest absolute Gasteiger partial charge is 0.476 e. The zero-order valence-electron chi connectivity index (χ0n) is 11.5. The van der Waals surface area contributed by atoms with Crippen molar-refractivity contribution in [2.75, 3.05) is 0 Å². The van der Waals surface area contributed by atoms with Crippen molar-refractivity contribution >= 4 is 34.8 Å². The molecule has 0 radical (unpaired) electrons. The fourth-order valence-corrected chi connectivity index (χ4v) is 2.71. The van der Waals surface area contributed by atoms with Gasteiger partial charge >= 0.3 is 0 Å². The van der Waals surface area contributed by atoms with Gasteiger partial charge in [-0.2, -0.15) is 0 Å². The first kappa shape index (κ1) is 15.6. The average Bonchev–Trinajstić information content (AvgIpc) is 2.51. The van der Waals surface area contributed by atoms with Gasteiger partial charge in [-0.25, -0.2) is 0 Å². The van der Waals surface area contributed by atoms with Gasteiger partial charge in [0.05, 0.1) is 9.95 Å². The van der Waals surface area contributed by atoms with Gasteiger partial charge < -0.3 is 10.1 Å². The molecule has 0 aliphatic carbocycles. The smallest absolute Gasteiger partial charge is 0.269 e. The predicted molar refractivity (Wildman–Crippen MR) is 84.9 cm³/mol. The monoisotopic (exact) mass is 352 g/mol. The molecule has 23 heavy (non-hydrogen) atoms. The lowest BCUT2D eigenvalue weighted by Crippen LogP contribution is -2.58. The molecule has 1 saturated heterocycles. The fraction of sp³-hybridized carbons (Fsp3) is 0.133. The van der Waals surface area contributed by atoms with Crippen molar-refractivity contribution in [1.82, 2.24) is 5.32 Å². The maximum absolute atomic E-state index is 11.8. The molecule has 6 nitrogen and oxygen atoms in total. The number of benzene rings is 2. The lowest BCUT2D eigenvalue weighted by Gasteiger charge is -2.36. The van der Waals surface area contributed by atoms with E-state index in [0.29, 0.717) is 21.4 Å². The molecule has 1 heterocycles. The maximum Gasteiger partial charge on any atom is 0.269 e. The lowest BCUT2D eigenvalue weighted by atomic mass is 9.93. The van der Waals surface area contributed by atoms with Crippen molar-refractivity contribution in [3.8, 4) is 5.75 Å². The Bertz CT molecular complexity index is 780.